The number of carbonyl (C=O) groups is 1. The van der Waals surface area contributed by atoms with E-state index in [1.165, 1.54) is 11.3 Å². The zero-order valence-corrected chi connectivity index (χ0v) is 15.5. The number of benzene rings is 1. The first kappa shape index (κ1) is 20.2. The van der Waals surface area contributed by atoms with Crippen LogP contribution in [0.15, 0.2) is 30.5 Å². The molecule has 1 amide bonds. The lowest BCUT2D eigenvalue weighted by Crippen LogP contribution is -2.33. The second kappa shape index (κ2) is 10.1. The summed E-state index contributed by atoms with van der Waals surface area (Å²) in [5, 5.41) is 3.45. The van der Waals surface area contributed by atoms with Crippen LogP contribution in [0.25, 0.3) is 0 Å². The molecule has 0 radical (unpaired) electrons. The van der Waals surface area contributed by atoms with Crippen molar-refractivity contribution in [3.63, 3.8) is 0 Å². The summed E-state index contributed by atoms with van der Waals surface area (Å²) < 4.78 is 5.25. The van der Waals surface area contributed by atoms with Crippen molar-refractivity contribution < 1.29 is 9.53 Å². The van der Waals surface area contributed by atoms with Crippen molar-refractivity contribution in [2.45, 2.75) is 19.9 Å². The summed E-state index contributed by atoms with van der Waals surface area (Å²) in [6, 6.07) is 7.37. The summed E-state index contributed by atoms with van der Waals surface area (Å²) in [6.07, 6.45) is 2.73. The lowest BCUT2D eigenvalue weighted by Gasteiger charge is -2.20. The summed E-state index contributed by atoms with van der Waals surface area (Å²) in [7, 11) is 1.59. The smallest absolute Gasteiger partial charge is 0.238 e. The van der Waals surface area contributed by atoms with Gasteiger partial charge < -0.3 is 15.8 Å². The Morgan fingerprint density at radius 3 is 2.79 bits per heavy atom. The molecule has 0 fully saturated rings. The van der Waals surface area contributed by atoms with Crippen LogP contribution < -0.4 is 15.8 Å². The van der Waals surface area contributed by atoms with E-state index in [9.17, 15) is 4.79 Å². The fourth-order valence-electron chi connectivity index (χ4n) is 2.29. The second-order valence-electron chi connectivity index (χ2n) is 5.12. The molecule has 1 aromatic heterocycles. The van der Waals surface area contributed by atoms with E-state index < -0.39 is 0 Å². The first-order valence-corrected chi connectivity index (χ1v) is 8.29. The Morgan fingerprint density at radius 2 is 2.17 bits per heavy atom. The fraction of sp³-hybridized carbons (Fsp3) is 0.375. The van der Waals surface area contributed by atoms with Gasteiger partial charge in [-0.05, 0) is 25.1 Å². The van der Waals surface area contributed by atoms with Gasteiger partial charge in [-0.2, -0.15) is 0 Å². The standard InChI is InChI=1S/C16H22N4O2S.ClH/c1-3-8-20(10-12-9-18-16(17)23-12)11-15(21)19-13-6-4-5-7-14(13)22-2;/h4-7,9H,3,8,10-11H2,1-2H3,(H2,17,18)(H,19,21);1H. The summed E-state index contributed by atoms with van der Waals surface area (Å²) in [5.41, 5.74) is 6.34. The summed E-state index contributed by atoms with van der Waals surface area (Å²) in [4.78, 5) is 19.5. The number of aromatic nitrogens is 1. The van der Waals surface area contributed by atoms with Crippen LogP contribution in [0.2, 0.25) is 0 Å². The molecule has 132 valence electrons. The number of hydrogen-bond acceptors (Lipinski definition) is 6. The van der Waals surface area contributed by atoms with Crippen molar-refractivity contribution in [3.8, 4) is 5.75 Å². The average molecular weight is 371 g/mol. The third-order valence-electron chi connectivity index (χ3n) is 3.24. The molecule has 6 nitrogen and oxygen atoms in total. The average Bonchev–Trinajstić information content (AvgIpc) is 2.93. The summed E-state index contributed by atoms with van der Waals surface area (Å²) >= 11 is 1.45. The number of nitrogens with two attached hydrogens (primary N) is 1. The Labute approximate surface area is 152 Å². The van der Waals surface area contributed by atoms with Crippen molar-refractivity contribution in [2.75, 3.05) is 31.2 Å². The van der Waals surface area contributed by atoms with Gasteiger partial charge in [0, 0.05) is 17.6 Å². The van der Waals surface area contributed by atoms with Crippen molar-refractivity contribution in [2.24, 2.45) is 0 Å². The number of carbonyl (C=O) groups excluding carboxylic acids is 1. The van der Waals surface area contributed by atoms with Crippen LogP contribution in [0, 0.1) is 0 Å². The highest BCUT2D eigenvalue weighted by molar-refractivity contribution is 7.15. The molecule has 1 aromatic carbocycles. The number of nitrogens with one attached hydrogen (secondary N) is 1. The zero-order chi connectivity index (χ0) is 16.7. The first-order valence-electron chi connectivity index (χ1n) is 7.47. The number of thiazole rings is 1. The molecule has 0 atom stereocenters. The highest BCUT2D eigenvalue weighted by Gasteiger charge is 2.13. The minimum Gasteiger partial charge on any atom is -0.495 e. The molecule has 8 heteroatoms. The van der Waals surface area contributed by atoms with Gasteiger partial charge in [0.05, 0.1) is 19.3 Å². The van der Waals surface area contributed by atoms with Crippen molar-refractivity contribution in [1.29, 1.82) is 0 Å². The van der Waals surface area contributed by atoms with Crippen LogP contribution in [0.3, 0.4) is 0 Å². The Morgan fingerprint density at radius 1 is 1.42 bits per heavy atom. The first-order chi connectivity index (χ1) is 11.1. The second-order valence-corrected chi connectivity index (χ2v) is 6.27. The largest absolute Gasteiger partial charge is 0.495 e. The molecule has 0 spiro atoms. The predicted molar refractivity (Wildman–Crippen MR) is 101 cm³/mol. The number of methoxy groups -OCH3 is 1. The molecule has 0 saturated carbocycles. The number of anilines is 2. The number of halogens is 1. The molecule has 2 rings (SSSR count). The molecule has 0 saturated heterocycles. The normalized spacial score (nSPS) is 10.3. The van der Waals surface area contributed by atoms with E-state index in [4.69, 9.17) is 10.5 Å². The maximum Gasteiger partial charge on any atom is 0.238 e. The van der Waals surface area contributed by atoms with Gasteiger partial charge >= 0.3 is 0 Å². The third-order valence-corrected chi connectivity index (χ3v) is 4.05. The molecule has 0 bridgehead atoms. The van der Waals surface area contributed by atoms with Crippen LogP contribution in [0.4, 0.5) is 10.8 Å². The maximum absolute atomic E-state index is 12.3. The van der Waals surface area contributed by atoms with Gasteiger partial charge in [-0.3, -0.25) is 9.69 Å². The molecule has 0 aliphatic rings. The van der Waals surface area contributed by atoms with Crippen LogP contribution in [0.5, 0.6) is 5.75 Å². The molecule has 24 heavy (non-hydrogen) atoms. The summed E-state index contributed by atoms with van der Waals surface area (Å²) in [6.45, 7) is 3.90. The zero-order valence-electron chi connectivity index (χ0n) is 13.8. The Balaban J connectivity index is 0.00000288. The van der Waals surface area contributed by atoms with E-state index >= 15 is 0 Å². The van der Waals surface area contributed by atoms with Gasteiger partial charge in [0.1, 0.15) is 5.75 Å². The number of amides is 1. The minimum atomic E-state index is -0.0690. The quantitative estimate of drug-likeness (QED) is 0.746. The number of para-hydroxylation sites is 2. The van der Waals surface area contributed by atoms with Gasteiger partial charge in [-0.1, -0.05) is 19.1 Å². The number of hydrogen-bond donors (Lipinski definition) is 2. The monoisotopic (exact) mass is 370 g/mol. The van der Waals surface area contributed by atoms with Gasteiger partial charge in [0.25, 0.3) is 0 Å². The van der Waals surface area contributed by atoms with E-state index in [0.717, 1.165) is 17.8 Å². The predicted octanol–water partition coefficient (Wildman–Crippen LogP) is 3.01. The molecule has 0 aliphatic carbocycles. The van der Waals surface area contributed by atoms with E-state index in [0.29, 0.717) is 29.7 Å². The molecule has 0 aliphatic heterocycles. The van der Waals surface area contributed by atoms with Gasteiger partial charge in [-0.15, -0.1) is 23.7 Å². The Kier molecular flexibility index (Phi) is 8.53. The van der Waals surface area contributed by atoms with Crippen LogP contribution in [-0.4, -0.2) is 36.0 Å². The van der Waals surface area contributed by atoms with E-state index in [-0.39, 0.29) is 18.3 Å². The van der Waals surface area contributed by atoms with E-state index in [1.807, 2.05) is 24.3 Å². The van der Waals surface area contributed by atoms with Gasteiger partial charge in [0.15, 0.2) is 5.13 Å². The van der Waals surface area contributed by atoms with Crippen molar-refractivity contribution >= 4 is 40.5 Å². The summed E-state index contributed by atoms with van der Waals surface area (Å²) in [5.74, 6) is 0.582. The minimum absolute atomic E-state index is 0. The van der Waals surface area contributed by atoms with Gasteiger partial charge in [0.2, 0.25) is 5.91 Å². The number of rotatable bonds is 8. The molecular formula is C16H23ClN4O2S. The Bertz CT molecular complexity index is 651. The van der Waals surface area contributed by atoms with Crippen LogP contribution in [-0.2, 0) is 11.3 Å². The molecular weight excluding hydrogens is 348 g/mol. The molecule has 3 N–H and O–H groups in total. The number of nitrogen functional groups attached to an aromatic ring is 1. The van der Waals surface area contributed by atoms with Crippen molar-refractivity contribution in [3.05, 3.63) is 35.3 Å². The van der Waals surface area contributed by atoms with Crippen LogP contribution in [0.1, 0.15) is 18.2 Å². The van der Waals surface area contributed by atoms with Gasteiger partial charge in [-0.25, -0.2) is 4.98 Å². The van der Waals surface area contributed by atoms with E-state index in [1.54, 1.807) is 13.3 Å². The lowest BCUT2D eigenvalue weighted by atomic mass is 10.3. The molecule has 1 heterocycles. The topological polar surface area (TPSA) is 80.5 Å². The number of nitrogens with zero attached hydrogens (tertiary/aromatic N) is 2. The van der Waals surface area contributed by atoms with E-state index in [2.05, 4.69) is 22.1 Å². The fourth-order valence-corrected chi connectivity index (χ4v) is 3.01. The molecule has 0 unspecified atom stereocenters. The van der Waals surface area contributed by atoms with Crippen molar-refractivity contribution in [1.82, 2.24) is 9.88 Å². The maximum atomic E-state index is 12.3. The number of ether oxygens (including phenoxy) is 1. The highest BCUT2D eigenvalue weighted by Crippen LogP contribution is 2.23. The lowest BCUT2D eigenvalue weighted by molar-refractivity contribution is -0.117. The SMILES string of the molecule is CCCN(CC(=O)Nc1ccccc1OC)Cc1cnc(N)s1.Cl. The van der Waals surface area contributed by atoms with Crippen LogP contribution >= 0.6 is 23.7 Å². The molecule has 2 aromatic rings. The highest BCUT2D eigenvalue weighted by atomic mass is 35.5. The third kappa shape index (κ3) is 5.99. The Hall–Kier alpha value is -1.83.